The lowest BCUT2D eigenvalue weighted by Crippen LogP contribution is -2.41. The molecule has 0 spiro atoms. The third kappa shape index (κ3) is 5.88. The molecule has 2 aliphatic heterocycles. The third-order valence-corrected chi connectivity index (χ3v) is 7.51. The minimum Gasteiger partial charge on any atom is -0.494 e. The number of morpholine rings is 1. The molecule has 0 unspecified atom stereocenters. The summed E-state index contributed by atoms with van der Waals surface area (Å²) >= 11 is 0. The molecule has 35 heavy (non-hydrogen) atoms. The number of aryl methyl sites for hydroxylation is 1. The van der Waals surface area contributed by atoms with Crippen molar-refractivity contribution in [3.05, 3.63) is 65.9 Å². The van der Waals surface area contributed by atoms with E-state index in [9.17, 15) is 4.79 Å². The number of hydrogen-bond donors (Lipinski definition) is 0. The predicted octanol–water partition coefficient (Wildman–Crippen LogP) is 4.72. The Balaban J connectivity index is 1.08. The van der Waals surface area contributed by atoms with E-state index in [4.69, 9.17) is 9.47 Å². The first-order valence-electron chi connectivity index (χ1n) is 13.0. The van der Waals surface area contributed by atoms with Crippen molar-refractivity contribution in [2.24, 2.45) is 13.0 Å². The van der Waals surface area contributed by atoms with E-state index in [2.05, 4.69) is 47.4 Å². The molecule has 1 amide bonds. The van der Waals surface area contributed by atoms with E-state index in [0.717, 1.165) is 47.8 Å². The number of benzene rings is 2. The summed E-state index contributed by atoms with van der Waals surface area (Å²) in [4.78, 5) is 17.4. The van der Waals surface area contributed by atoms with Gasteiger partial charge in [0.25, 0.3) is 5.91 Å². The summed E-state index contributed by atoms with van der Waals surface area (Å²) in [6.07, 6.45) is 4.87. The Morgan fingerprint density at radius 3 is 2.54 bits per heavy atom. The number of ether oxygens (including phenoxy) is 2. The molecule has 1 aromatic heterocycles. The quantitative estimate of drug-likeness (QED) is 0.442. The number of rotatable bonds is 8. The number of likely N-dealkylation sites (tertiary alicyclic amines) is 1. The number of fused-ring (bicyclic) bond motifs is 1. The average molecular weight is 476 g/mol. The monoisotopic (exact) mass is 475 g/mol. The first kappa shape index (κ1) is 23.9. The van der Waals surface area contributed by atoms with Crippen LogP contribution >= 0.6 is 0 Å². The maximum atomic E-state index is 13.0. The van der Waals surface area contributed by atoms with Crippen LogP contribution in [-0.2, 0) is 18.3 Å². The maximum Gasteiger partial charge on any atom is 0.270 e. The molecule has 2 aromatic carbocycles. The van der Waals surface area contributed by atoms with Crippen molar-refractivity contribution in [3.63, 3.8) is 0 Å². The van der Waals surface area contributed by atoms with Crippen molar-refractivity contribution in [2.75, 3.05) is 46.0 Å². The summed E-state index contributed by atoms with van der Waals surface area (Å²) in [5.74, 6) is 1.76. The summed E-state index contributed by atoms with van der Waals surface area (Å²) in [7, 11) is 1.96. The molecule has 0 saturated carbocycles. The van der Waals surface area contributed by atoms with E-state index >= 15 is 0 Å². The van der Waals surface area contributed by atoms with Crippen LogP contribution in [0.15, 0.2) is 54.6 Å². The van der Waals surface area contributed by atoms with Crippen LogP contribution in [0, 0.1) is 5.92 Å². The number of nitrogens with zero attached hydrogens (tertiary/aromatic N) is 3. The largest absolute Gasteiger partial charge is 0.494 e. The second-order valence-corrected chi connectivity index (χ2v) is 9.91. The van der Waals surface area contributed by atoms with Crippen LogP contribution in [0.1, 0.15) is 41.7 Å². The SMILES string of the molecule is Cn1c(C(=O)N2CCOCC2)cc2cc(OCCCC3CCN(Cc4ccccc4)CC3)ccc21. The summed E-state index contributed by atoms with van der Waals surface area (Å²) in [6, 6.07) is 18.9. The molecule has 5 rings (SSSR count). The van der Waals surface area contributed by atoms with Gasteiger partial charge in [0.15, 0.2) is 0 Å². The fourth-order valence-corrected chi connectivity index (χ4v) is 5.39. The van der Waals surface area contributed by atoms with Crippen molar-refractivity contribution in [2.45, 2.75) is 32.2 Å². The van der Waals surface area contributed by atoms with Crippen LogP contribution in [0.4, 0.5) is 0 Å². The van der Waals surface area contributed by atoms with E-state index in [1.54, 1.807) is 0 Å². The summed E-state index contributed by atoms with van der Waals surface area (Å²) in [5, 5.41) is 1.05. The van der Waals surface area contributed by atoms with Crippen molar-refractivity contribution >= 4 is 16.8 Å². The molecular formula is C29H37N3O3. The van der Waals surface area contributed by atoms with E-state index < -0.39 is 0 Å². The van der Waals surface area contributed by atoms with Gasteiger partial charge in [-0.25, -0.2) is 0 Å². The highest BCUT2D eigenvalue weighted by Gasteiger charge is 2.22. The molecule has 0 radical (unpaired) electrons. The smallest absolute Gasteiger partial charge is 0.270 e. The molecule has 2 aliphatic rings. The predicted molar refractivity (Wildman–Crippen MR) is 139 cm³/mol. The number of carbonyl (C=O) groups is 1. The molecule has 6 nitrogen and oxygen atoms in total. The van der Waals surface area contributed by atoms with Gasteiger partial charge in [0.1, 0.15) is 11.4 Å². The Morgan fingerprint density at radius 2 is 1.77 bits per heavy atom. The molecule has 0 N–H and O–H groups in total. The maximum absolute atomic E-state index is 13.0. The lowest BCUT2D eigenvalue weighted by atomic mass is 9.92. The number of piperidine rings is 1. The van der Waals surface area contributed by atoms with Crippen LogP contribution in [0.5, 0.6) is 5.75 Å². The third-order valence-electron chi connectivity index (χ3n) is 7.51. The zero-order valence-corrected chi connectivity index (χ0v) is 20.8. The van der Waals surface area contributed by atoms with Crippen LogP contribution in [0.3, 0.4) is 0 Å². The van der Waals surface area contributed by atoms with Gasteiger partial charge >= 0.3 is 0 Å². The fourth-order valence-electron chi connectivity index (χ4n) is 5.39. The number of amides is 1. The molecule has 2 saturated heterocycles. The fraction of sp³-hybridized carbons (Fsp3) is 0.483. The van der Waals surface area contributed by atoms with Crippen molar-refractivity contribution in [1.29, 1.82) is 0 Å². The Bertz CT molecular complexity index is 1110. The molecule has 0 bridgehead atoms. The number of aromatic nitrogens is 1. The Kier molecular flexibility index (Phi) is 7.69. The minimum atomic E-state index is 0.0734. The van der Waals surface area contributed by atoms with Gasteiger partial charge in [-0.05, 0) is 74.5 Å². The molecule has 6 heteroatoms. The topological polar surface area (TPSA) is 46.9 Å². The second kappa shape index (κ2) is 11.3. The van der Waals surface area contributed by atoms with Crippen molar-refractivity contribution < 1.29 is 14.3 Å². The second-order valence-electron chi connectivity index (χ2n) is 9.91. The standard InChI is InChI=1S/C29H37N3O3/c1-30-27-10-9-26(20-25(27)21-28(30)29(33)32-15-18-34-19-16-32)35-17-5-8-23-11-13-31(14-12-23)22-24-6-3-2-4-7-24/h2-4,6-7,9-10,20-21,23H,5,8,11-19,22H2,1H3. The van der Waals surface area contributed by atoms with Gasteiger partial charge in [0, 0.05) is 37.6 Å². The molecule has 0 aliphatic carbocycles. The number of carbonyl (C=O) groups excluding carboxylic acids is 1. The van der Waals surface area contributed by atoms with Crippen molar-refractivity contribution in [3.8, 4) is 5.75 Å². The zero-order chi connectivity index (χ0) is 24.0. The molecule has 3 aromatic rings. The van der Waals surface area contributed by atoms with Gasteiger partial charge in [-0.1, -0.05) is 30.3 Å². The highest BCUT2D eigenvalue weighted by atomic mass is 16.5. The molecule has 3 heterocycles. The first-order chi connectivity index (χ1) is 17.2. The van der Waals surface area contributed by atoms with Crippen LogP contribution < -0.4 is 4.74 Å². The van der Waals surface area contributed by atoms with Crippen LogP contribution in [-0.4, -0.2) is 66.3 Å². The zero-order valence-electron chi connectivity index (χ0n) is 20.8. The van der Waals surface area contributed by atoms with E-state index in [1.807, 2.05) is 28.6 Å². The highest BCUT2D eigenvalue weighted by molar-refractivity contribution is 5.99. The summed E-state index contributed by atoms with van der Waals surface area (Å²) in [6.45, 7) is 6.72. The van der Waals surface area contributed by atoms with Gasteiger partial charge in [-0.2, -0.15) is 0 Å². The molecular weight excluding hydrogens is 438 g/mol. The van der Waals surface area contributed by atoms with E-state index in [1.165, 1.54) is 37.9 Å². The van der Waals surface area contributed by atoms with Gasteiger partial charge in [0.2, 0.25) is 0 Å². The lowest BCUT2D eigenvalue weighted by molar-refractivity contribution is 0.0297. The van der Waals surface area contributed by atoms with Gasteiger partial charge in [0.05, 0.1) is 19.8 Å². The van der Waals surface area contributed by atoms with Gasteiger partial charge in [-0.15, -0.1) is 0 Å². The first-order valence-corrected chi connectivity index (χ1v) is 13.0. The normalized spacial score (nSPS) is 17.7. The Hall–Kier alpha value is -2.83. The molecule has 2 fully saturated rings. The minimum absolute atomic E-state index is 0.0734. The van der Waals surface area contributed by atoms with Gasteiger partial charge < -0.3 is 18.9 Å². The average Bonchev–Trinajstić information content (AvgIpc) is 3.24. The molecule has 186 valence electrons. The van der Waals surface area contributed by atoms with E-state index in [0.29, 0.717) is 26.3 Å². The van der Waals surface area contributed by atoms with Crippen LogP contribution in [0.2, 0.25) is 0 Å². The Morgan fingerprint density at radius 1 is 1.00 bits per heavy atom. The number of hydrogen-bond acceptors (Lipinski definition) is 4. The summed E-state index contributed by atoms with van der Waals surface area (Å²) < 4.78 is 13.5. The Labute approximate surface area is 208 Å². The van der Waals surface area contributed by atoms with Crippen molar-refractivity contribution in [1.82, 2.24) is 14.4 Å². The lowest BCUT2D eigenvalue weighted by Gasteiger charge is -2.32. The van der Waals surface area contributed by atoms with Crippen LogP contribution in [0.25, 0.3) is 10.9 Å². The van der Waals surface area contributed by atoms with E-state index in [-0.39, 0.29) is 5.91 Å². The summed E-state index contributed by atoms with van der Waals surface area (Å²) in [5.41, 5.74) is 3.18. The molecule has 0 atom stereocenters. The van der Waals surface area contributed by atoms with Gasteiger partial charge in [-0.3, -0.25) is 9.69 Å². The highest BCUT2D eigenvalue weighted by Crippen LogP contribution is 2.26.